The van der Waals surface area contributed by atoms with Gasteiger partial charge in [0.15, 0.2) is 5.16 Å². The Bertz CT molecular complexity index is 1370. The summed E-state index contributed by atoms with van der Waals surface area (Å²) < 4.78 is 40.8. The summed E-state index contributed by atoms with van der Waals surface area (Å²) in [7, 11) is 0. The lowest BCUT2D eigenvalue weighted by Crippen LogP contribution is -2.16. The first-order valence-electron chi connectivity index (χ1n) is 10.7. The standard InChI is InChI=1S/C25H22F3N5OS/c1-15-12-20(35-24-29-10-5-11-30-24)8-9-22(15)31-23(34)14-21-16(2)32-33(17(21)3)19-7-4-6-18(13-19)25(26,27)28/h4-13H,14H2,1-3H3,(H,31,34). The molecule has 6 nitrogen and oxygen atoms in total. The average molecular weight is 498 g/mol. The summed E-state index contributed by atoms with van der Waals surface area (Å²) in [6, 6.07) is 12.4. The first-order valence-corrected chi connectivity index (χ1v) is 11.5. The van der Waals surface area contributed by atoms with Gasteiger partial charge in [-0.3, -0.25) is 4.79 Å². The van der Waals surface area contributed by atoms with Gasteiger partial charge < -0.3 is 5.32 Å². The Kier molecular flexibility index (Phi) is 6.93. The van der Waals surface area contributed by atoms with E-state index in [1.54, 1.807) is 38.4 Å². The van der Waals surface area contributed by atoms with Gasteiger partial charge in [0.2, 0.25) is 5.91 Å². The maximum Gasteiger partial charge on any atom is 0.416 e. The molecule has 0 saturated carbocycles. The van der Waals surface area contributed by atoms with E-state index in [-0.39, 0.29) is 12.3 Å². The molecule has 35 heavy (non-hydrogen) atoms. The molecule has 0 atom stereocenters. The largest absolute Gasteiger partial charge is 0.416 e. The molecule has 1 N–H and O–H groups in total. The van der Waals surface area contributed by atoms with Gasteiger partial charge in [-0.2, -0.15) is 18.3 Å². The SMILES string of the molecule is Cc1cc(Sc2ncccn2)ccc1NC(=O)Cc1c(C)nn(-c2cccc(C(F)(F)F)c2)c1C. The summed E-state index contributed by atoms with van der Waals surface area (Å²) in [4.78, 5) is 22.2. The summed E-state index contributed by atoms with van der Waals surface area (Å²) in [5.74, 6) is -0.241. The predicted molar refractivity (Wildman–Crippen MR) is 128 cm³/mol. The highest BCUT2D eigenvalue weighted by molar-refractivity contribution is 7.99. The Morgan fingerprint density at radius 2 is 1.77 bits per heavy atom. The van der Waals surface area contributed by atoms with Gasteiger partial charge >= 0.3 is 6.18 Å². The minimum Gasteiger partial charge on any atom is -0.326 e. The van der Waals surface area contributed by atoms with E-state index in [0.29, 0.717) is 33.5 Å². The quantitative estimate of drug-likeness (QED) is 0.334. The number of anilines is 1. The van der Waals surface area contributed by atoms with Gasteiger partial charge in [0, 0.05) is 34.2 Å². The van der Waals surface area contributed by atoms with Gasteiger partial charge in [-0.05, 0) is 80.6 Å². The van der Waals surface area contributed by atoms with Crippen LogP contribution in [0.25, 0.3) is 5.69 Å². The Morgan fingerprint density at radius 3 is 2.46 bits per heavy atom. The van der Waals surface area contributed by atoms with Gasteiger partial charge in [0.1, 0.15) is 0 Å². The van der Waals surface area contributed by atoms with Crippen molar-refractivity contribution in [3.63, 3.8) is 0 Å². The molecular formula is C25H22F3N5OS. The van der Waals surface area contributed by atoms with Crippen LogP contribution in [0.3, 0.4) is 0 Å². The van der Waals surface area contributed by atoms with E-state index in [9.17, 15) is 18.0 Å². The fourth-order valence-electron chi connectivity index (χ4n) is 3.63. The molecule has 0 aliphatic carbocycles. The summed E-state index contributed by atoms with van der Waals surface area (Å²) in [6.45, 7) is 5.38. The van der Waals surface area contributed by atoms with Crippen molar-refractivity contribution in [2.75, 3.05) is 5.32 Å². The average Bonchev–Trinajstić information content (AvgIpc) is 3.09. The lowest BCUT2D eigenvalue weighted by Gasteiger charge is -2.11. The smallest absolute Gasteiger partial charge is 0.326 e. The molecular weight excluding hydrogens is 475 g/mol. The molecule has 2 heterocycles. The number of halogens is 3. The molecule has 0 radical (unpaired) electrons. The van der Waals surface area contributed by atoms with E-state index in [1.807, 2.05) is 25.1 Å². The summed E-state index contributed by atoms with van der Waals surface area (Å²) in [5.41, 5.74) is 2.97. The minimum absolute atomic E-state index is 0.0461. The molecule has 0 fully saturated rings. The van der Waals surface area contributed by atoms with Gasteiger partial charge in [-0.15, -0.1) is 0 Å². The van der Waals surface area contributed by atoms with Crippen LogP contribution in [-0.4, -0.2) is 25.7 Å². The molecule has 4 aromatic rings. The fourth-order valence-corrected chi connectivity index (χ4v) is 4.44. The topological polar surface area (TPSA) is 72.7 Å². The van der Waals surface area contributed by atoms with Crippen molar-refractivity contribution in [3.8, 4) is 5.69 Å². The molecule has 0 aliphatic rings. The number of hydrogen-bond donors (Lipinski definition) is 1. The molecule has 2 aromatic carbocycles. The Hall–Kier alpha value is -3.66. The van der Waals surface area contributed by atoms with Crippen molar-refractivity contribution in [1.82, 2.24) is 19.7 Å². The van der Waals surface area contributed by atoms with E-state index in [4.69, 9.17) is 0 Å². The van der Waals surface area contributed by atoms with E-state index >= 15 is 0 Å². The van der Waals surface area contributed by atoms with E-state index in [1.165, 1.54) is 22.5 Å². The number of nitrogens with one attached hydrogen (secondary N) is 1. The van der Waals surface area contributed by atoms with Gasteiger partial charge in [-0.25, -0.2) is 14.6 Å². The zero-order valence-corrected chi connectivity index (χ0v) is 20.0. The second-order valence-corrected chi connectivity index (χ2v) is 8.99. The van der Waals surface area contributed by atoms with Crippen LogP contribution in [-0.2, 0) is 17.4 Å². The first-order chi connectivity index (χ1) is 16.6. The summed E-state index contributed by atoms with van der Waals surface area (Å²) in [5, 5.41) is 7.94. The highest BCUT2D eigenvalue weighted by Gasteiger charge is 2.30. The fraction of sp³-hybridized carbons (Fsp3) is 0.200. The maximum atomic E-state index is 13.1. The third kappa shape index (κ3) is 5.71. The van der Waals surface area contributed by atoms with Crippen molar-refractivity contribution < 1.29 is 18.0 Å². The van der Waals surface area contributed by atoms with Gasteiger partial charge in [0.05, 0.1) is 23.4 Å². The third-order valence-corrected chi connectivity index (χ3v) is 6.30. The highest BCUT2D eigenvalue weighted by atomic mass is 32.2. The maximum absolute atomic E-state index is 13.1. The van der Waals surface area contributed by atoms with Crippen LogP contribution >= 0.6 is 11.8 Å². The van der Waals surface area contributed by atoms with Crippen molar-refractivity contribution in [1.29, 1.82) is 0 Å². The Morgan fingerprint density at radius 1 is 1.03 bits per heavy atom. The molecule has 0 bridgehead atoms. The number of nitrogens with zero attached hydrogens (tertiary/aromatic N) is 4. The molecule has 1 amide bonds. The van der Waals surface area contributed by atoms with Crippen LogP contribution < -0.4 is 5.32 Å². The number of carbonyl (C=O) groups excluding carboxylic acids is 1. The lowest BCUT2D eigenvalue weighted by atomic mass is 10.1. The van der Waals surface area contributed by atoms with Crippen LogP contribution in [0.1, 0.15) is 28.1 Å². The molecule has 0 spiro atoms. The normalized spacial score (nSPS) is 11.5. The van der Waals surface area contributed by atoms with Crippen LogP contribution in [0.4, 0.5) is 18.9 Å². The van der Waals surface area contributed by atoms with Crippen molar-refractivity contribution in [2.45, 2.75) is 43.4 Å². The Labute approximate surface area is 204 Å². The molecule has 180 valence electrons. The summed E-state index contributed by atoms with van der Waals surface area (Å²) >= 11 is 1.42. The van der Waals surface area contributed by atoms with E-state index < -0.39 is 11.7 Å². The van der Waals surface area contributed by atoms with E-state index in [0.717, 1.165) is 22.6 Å². The summed E-state index contributed by atoms with van der Waals surface area (Å²) in [6.07, 6.45) is -1.05. The lowest BCUT2D eigenvalue weighted by molar-refractivity contribution is -0.137. The highest BCUT2D eigenvalue weighted by Crippen LogP contribution is 2.31. The predicted octanol–water partition coefficient (Wildman–Crippen LogP) is 5.94. The first kappa shape index (κ1) is 24.5. The molecule has 2 aromatic heterocycles. The van der Waals surface area contributed by atoms with Gasteiger partial charge in [0.25, 0.3) is 0 Å². The second-order valence-electron chi connectivity index (χ2n) is 7.94. The number of aryl methyl sites for hydroxylation is 2. The van der Waals surface area contributed by atoms with Crippen molar-refractivity contribution in [2.24, 2.45) is 0 Å². The molecule has 0 aliphatic heterocycles. The zero-order valence-electron chi connectivity index (χ0n) is 19.2. The number of rotatable bonds is 6. The molecule has 10 heteroatoms. The molecule has 0 saturated heterocycles. The number of hydrogen-bond acceptors (Lipinski definition) is 5. The van der Waals surface area contributed by atoms with Crippen LogP contribution in [0, 0.1) is 20.8 Å². The van der Waals surface area contributed by atoms with E-state index in [2.05, 4.69) is 20.4 Å². The minimum atomic E-state index is -4.45. The zero-order chi connectivity index (χ0) is 25.2. The number of benzene rings is 2. The number of carbonyl (C=O) groups is 1. The van der Waals surface area contributed by atoms with Crippen LogP contribution in [0.2, 0.25) is 0 Å². The number of alkyl halides is 3. The number of amides is 1. The molecule has 0 unspecified atom stereocenters. The third-order valence-electron chi connectivity index (χ3n) is 5.42. The van der Waals surface area contributed by atoms with Crippen LogP contribution in [0.5, 0.6) is 0 Å². The van der Waals surface area contributed by atoms with Crippen LogP contribution in [0.15, 0.2) is 71.0 Å². The monoisotopic (exact) mass is 497 g/mol. The van der Waals surface area contributed by atoms with Crippen molar-refractivity contribution >= 4 is 23.4 Å². The molecule has 4 rings (SSSR count). The Balaban J connectivity index is 1.49. The second kappa shape index (κ2) is 9.91. The number of aromatic nitrogens is 4. The van der Waals surface area contributed by atoms with Gasteiger partial charge in [-0.1, -0.05) is 6.07 Å². The van der Waals surface area contributed by atoms with Crippen molar-refractivity contribution in [3.05, 3.63) is 89.0 Å².